The molecule has 2 fully saturated rings. The number of nitrogens with zero attached hydrogens (tertiary/aromatic N) is 4. The Balaban J connectivity index is 1.69. The van der Waals surface area contributed by atoms with Crippen molar-refractivity contribution in [2.75, 3.05) is 19.6 Å². The van der Waals surface area contributed by atoms with Crippen LogP contribution in [0.1, 0.15) is 84.4 Å². The molecule has 1 aliphatic heterocycles. The number of likely N-dealkylation sites (tertiary alicyclic amines) is 1. The van der Waals surface area contributed by atoms with Crippen molar-refractivity contribution in [3.05, 3.63) is 76.8 Å². The fourth-order valence-corrected chi connectivity index (χ4v) is 5.40. The van der Waals surface area contributed by atoms with Gasteiger partial charge in [0.1, 0.15) is 5.65 Å². The van der Waals surface area contributed by atoms with Crippen molar-refractivity contribution >= 4 is 17.1 Å². The summed E-state index contributed by atoms with van der Waals surface area (Å²) in [5.41, 5.74) is 9.73. The summed E-state index contributed by atoms with van der Waals surface area (Å²) in [5.74, 6) is 1.03. The molecular weight excluding hydrogens is 452 g/mol. The summed E-state index contributed by atoms with van der Waals surface area (Å²) >= 11 is 0. The summed E-state index contributed by atoms with van der Waals surface area (Å²) in [6.07, 6.45) is 20.8. The van der Waals surface area contributed by atoms with Crippen LogP contribution in [0.25, 0.3) is 11.3 Å². The summed E-state index contributed by atoms with van der Waals surface area (Å²) in [6, 6.07) is 4.36. The zero-order valence-corrected chi connectivity index (χ0v) is 23.9. The molecule has 37 heavy (non-hydrogen) atoms. The molecule has 4 heteroatoms. The summed E-state index contributed by atoms with van der Waals surface area (Å²) in [4.78, 5) is 12.6. The SMILES string of the molecule is C\C=C(/C=C\C(=N/C(=C\C(C)=C1CCC1)c1ccn2cc(C)nc2c1)C(C)CC)C1CCN(CC)CC1. The van der Waals surface area contributed by atoms with Crippen molar-refractivity contribution in [3.8, 4) is 0 Å². The highest BCUT2D eigenvalue weighted by atomic mass is 15.1. The van der Waals surface area contributed by atoms with E-state index in [-0.39, 0.29) is 0 Å². The third kappa shape index (κ3) is 6.78. The molecule has 0 spiro atoms. The highest BCUT2D eigenvalue weighted by molar-refractivity contribution is 6.00. The van der Waals surface area contributed by atoms with Gasteiger partial charge in [-0.2, -0.15) is 0 Å². The van der Waals surface area contributed by atoms with Gasteiger partial charge in [-0.05, 0) is 126 Å². The Morgan fingerprint density at radius 1 is 1.19 bits per heavy atom. The van der Waals surface area contributed by atoms with E-state index >= 15 is 0 Å². The average Bonchev–Trinajstić information content (AvgIpc) is 3.25. The van der Waals surface area contributed by atoms with Gasteiger partial charge in [-0.15, -0.1) is 0 Å². The summed E-state index contributed by atoms with van der Waals surface area (Å²) in [7, 11) is 0. The molecule has 4 nitrogen and oxygen atoms in total. The molecule has 0 aromatic carbocycles. The molecule has 198 valence electrons. The molecule has 1 saturated carbocycles. The molecule has 1 aliphatic carbocycles. The smallest absolute Gasteiger partial charge is 0.137 e. The lowest BCUT2D eigenvalue weighted by molar-refractivity contribution is 0.209. The monoisotopic (exact) mass is 498 g/mol. The zero-order chi connectivity index (χ0) is 26.4. The number of aromatic nitrogens is 2. The lowest BCUT2D eigenvalue weighted by atomic mass is 9.87. The number of hydrogen-bond acceptors (Lipinski definition) is 3. The van der Waals surface area contributed by atoms with Crippen LogP contribution in [0.2, 0.25) is 0 Å². The molecule has 0 radical (unpaired) electrons. The van der Waals surface area contributed by atoms with Gasteiger partial charge in [0.15, 0.2) is 0 Å². The highest BCUT2D eigenvalue weighted by Gasteiger charge is 2.20. The van der Waals surface area contributed by atoms with Crippen molar-refractivity contribution in [2.24, 2.45) is 16.8 Å². The van der Waals surface area contributed by atoms with Gasteiger partial charge in [-0.1, -0.05) is 38.5 Å². The van der Waals surface area contributed by atoms with E-state index in [1.54, 1.807) is 5.57 Å². The van der Waals surface area contributed by atoms with E-state index in [4.69, 9.17) is 9.98 Å². The van der Waals surface area contributed by atoms with Gasteiger partial charge >= 0.3 is 0 Å². The van der Waals surface area contributed by atoms with Crippen LogP contribution in [0.15, 0.2) is 70.5 Å². The standard InChI is InChI=1S/C33H46N4/c1-7-24(4)31(14-13-27(8-2)29-15-18-36(9-3)19-16-29)35-32(21-25(5)28-11-10-12-28)30-17-20-37-23-26(6)34-33(37)22-30/h8,13-14,17,20-24,29H,7,9-12,15-16,18-19H2,1-6H3/b14-13-,27-8+,32-21-,35-31+. The second-order valence-electron chi connectivity index (χ2n) is 10.9. The minimum Gasteiger partial charge on any atom is -0.307 e. The molecule has 0 bridgehead atoms. The maximum Gasteiger partial charge on any atom is 0.137 e. The van der Waals surface area contributed by atoms with Crippen molar-refractivity contribution in [3.63, 3.8) is 0 Å². The number of imidazole rings is 1. The molecule has 1 atom stereocenters. The van der Waals surface area contributed by atoms with E-state index in [9.17, 15) is 0 Å². The first-order valence-electron chi connectivity index (χ1n) is 14.4. The Labute approximate surface area is 224 Å². The van der Waals surface area contributed by atoms with E-state index in [2.05, 4.69) is 92.7 Å². The number of hydrogen-bond donors (Lipinski definition) is 0. The molecule has 3 heterocycles. The Bertz CT molecular complexity index is 1220. The first kappa shape index (κ1) is 27.3. The first-order chi connectivity index (χ1) is 17.9. The van der Waals surface area contributed by atoms with Crippen LogP contribution in [0.3, 0.4) is 0 Å². The molecule has 2 aromatic rings. The van der Waals surface area contributed by atoms with Gasteiger partial charge in [0.2, 0.25) is 0 Å². The van der Waals surface area contributed by atoms with Crippen molar-refractivity contribution in [2.45, 2.75) is 80.1 Å². The number of piperidine rings is 1. The molecular formula is C33H46N4. The van der Waals surface area contributed by atoms with E-state index in [0.717, 1.165) is 41.3 Å². The highest BCUT2D eigenvalue weighted by Crippen LogP contribution is 2.31. The molecule has 0 N–H and O–H groups in total. The van der Waals surface area contributed by atoms with Crippen LogP contribution in [-0.4, -0.2) is 39.6 Å². The second kappa shape index (κ2) is 12.7. The number of pyridine rings is 1. The van der Waals surface area contributed by atoms with Gasteiger partial charge in [0, 0.05) is 23.7 Å². The van der Waals surface area contributed by atoms with E-state index in [1.807, 2.05) is 6.92 Å². The quantitative estimate of drug-likeness (QED) is 0.258. The molecule has 1 saturated heterocycles. The number of allylic oxidation sites excluding steroid dienone is 7. The van der Waals surface area contributed by atoms with E-state index < -0.39 is 0 Å². The lowest BCUT2D eigenvalue weighted by Gasteiger charge is -2.31. The molecule has 2 aromatic heterocycles. The summed E-state index contributed by atoms with van der Waals surface area (Å²) in [6.45, 7) is 16.9. The number of aryl methyl sites for hydroxylation is 1. The van der Waals surface area contributed by atoms with E-state index in [1.165, 1.54) is 56.3 Å². The Morgan fingerprint density at radius 2 is 1.95 bits per heavy atom. The van der Waals surface area contributed by atoms with Crippen LogP contribution < -0.4 is 0 Å². The predicted molar refractivity (Wildman–Crippen MR) is 159 cm³/mol. The minimum atomic E-state index is 0.383. The Morgan fingerprint density at radius 3 is 2.57 bits per heavy atom. The fourth-order valence-electron chi connectivity index (χ4n) is 5.40. The third-order valence-corrected chi connectivity index (χ3v) is 8.40. The molecule has 4 rings (SSSR count). The largest absolute Gasteiger partial charge is 0.307 e. The summed E-state index contributed by atoms with van der Waals surface area (Å²) in [5, 5.41) is 0. The van der Waals surface area contributed by atoms with Gasteiger partial charge in [0.05, 0.1) is 11.4 Å². The van der Waals surface area contributed by atoms with Crippen molar-refractivity contribution in [1.29, 1.82) is 0 Å². The number of rotatable bonds is 9. The number of aliphatic imine (C=N–C) groups is 1. The maximum absolute atomic E-state index is 5.37. The van der Waals surface area contributed by atoms with Crippen LogP contribution in [0, 0.1) is 18.8 Å². The minimum absolute atomic E-state index is 0.383. The van der Waals surface area contributed by atoms with Crippen LogP contribution >= 0.6 is 0 Å². The lowest BCUT2D eigenvalue weighted by Crippen LogP contribution is -2.33. The van der Waals surface area contributed by atoms with Crippen molar-refractivity contribution in [1.82, 2.24) is 14.3 Å². The van der Waals surface area contributed by atoms with E-state index in [0.29, 0.717) is 11.8 Å². The molecule has 0 amide bonds. The normalized spacial score (nSPS) is 19.6. The van der Waals surface area contributed by atoms with Crippen LogP contribution in [0.5, 0.6) is 0 Å². The van der Waals surface area contributed by atoms with Gasteiger partial charge in [-0.3, -0.25) is 4.99 Å². The Kier molecular flexibility index (Phi) is 9.37. The average molecular weight is 499 g/mol. The predicted octanol–water partition coefficient (Wildman–Crippen LogP) is 8.21. The Hall–Kier alpha value is -2.72. The van der Waals surface area contributed by atoms with Crippen LogP contribution in [0.4, 0.5) is 0 Å². The van der Waals surface area contributed by atoms with Gasteiger partial charge in [0.25, 0.3) is 0 Å². The van der Waals surface area contributed by atoms with Crippen molar-refractivity contribution < 1.29 is 0 Å². The zero-order valence-electron chi connectivity index (χ0n) is 23.9. The summed E-state index contributed by atoms with van der Waals surface area (Å²) < 4.78 is 2.09. The third-order valence-electron chi connectivity index (χ3n) is 8.40. The maximum atomic E-state index is 5.37. The second-order valence-corrected chi connectivity index (χ2v) is 10.9. The first-order valence-corrected chi connectivity index (χ1v) is 14.4. The van der Waals surface area contributed by atoms with Gasteiger partial charge in [-0.25, -0.2) is 4.98 Å². The van der Waals surface area contributed by atoms with Crippen LogP contribution in [-0.2, 0) is 0 Å². The molecule has 1 unspecified atom stereocenters. The molecule has 2 aliphatic rings. The topological polar surface area (TPSA) is 32.9 Å². The fraction of sp³-hybridized carbons (Fsp3) is 0.515. The number of fused-ring (bicyclic) bond motifs is 1. The van der Waals surface area contributed by atoms with Gasteiger partial charge < -0.3 is 9.30 Å².